The molecule has 1 atom stereocenters. The summed E-state index contributed by atoms with van der Waals surface area (Å²) < 4.78 is 0. The highest BCUT2D eigenvalue weighted by Gasteiger charge is 2.19. The molecule has 1 fully saturated rings. The Labute approximate surface area is 116 Å². The van der Waals surface area contributed by atoms with E-state index >= 15 is 0 Å². The van der Waals surface area contributed by atoms with Crippen molar-refractivity contribution < 1.29 is 4.79 Å². The molecule has 1 heterocycles. The highest BCUT2D eigenvalue weighted by molar-refractivity contribution is 5.94. The zero-order valence-corrected chi connectivity index (χ0v) is 12.1. The van der Waals surface area contributed by atoms with Gasteiger partial charge in [-0.05, 0) is 49.5 Å². The molecule has 0 spiro atoms. The summed E-state index contributed by atoms with van der Waals surface area (Å²) in [5.74, 6) is 1.15. The molecule has 1 N–H and O–H groups in total. The maximum Gasteiger partial charge on any atom is 0.251 e. The summed E-state index contributed by atoms with van der Waals surface area (Å²) in [6, 6.07) is 7.93. The standard InChI is InChI=1S/C16H24N2O/c1-12(2)14-4-6-15(7-5-14)16(19)17-10-13-8-9-18(3)11-13/h4-7,12-13H,8-11H2,1-3H3,(H,17,19). The minimum absolute atomic E-state index is 0.0462. The molecule has 1 aromatic carbocycles. The van der Waals surface area contributed by atoms with E-state index < -0.39 is 0 Å². The number of rotatable bonds is 4. The summed E-state index contributed by atoms with van der Waals surface area (Å²) in [4.78, 5) is 14.4. The number of nitrogens with zero attached hydrogens (tertiary/aromatic N) is 1. The van der Waals surface area contributed by atoms with E-state index in [-0.39, 0.29) is 5.91 Å². The fourth-order valence-electron chi connectivity index (χ4n) is 2.55. The molecule has 0 aromatic heterocycles. The minimum Gasteiger partial charge on any atom is -0.352 e. The molecule has 1 aliphatic rings. The van der Waals surface area contributed by atoms with Crippen molar-refractivity contribution in [1.82, 2.24) is 10.2 Å². The number of carbonyl (C=O) groups is 1. The van der Waals surface area contributed by atoms with Crippen LogP contribution in [0, 0.1) is 5.92 Å². The van der Waals surface area contributed by atoms with Crippen molar-refractivity contribution in [3.63, 3.8) is 0 Å². The predicted octanol–water partition coefficient (Wildman–Crippen LogP) is 2.49. The molecule has 0 saturated carbocycles. The fourth-order valence-corrected chi connectivity index (χ4v) is 2.55. The molecule has 3 nitrogen and oxygen atoms in total. The fraction of sp³-hybridized carbons (Fsp3) is 0.562. The lowest BCUT2D eigenvalue weighted by atomic mass is 10.0. The van der Waals surface area contributed by atoms with Gasteiger partial charge in [-0.15, -0.1) is 0 Å². The van der Waals surface area contributed by atoms with Gasteiger partial charge in [0.25, 0.3) is 5.91 Å². The first-order chi connectivity index (χ1) is 9.06. The molecule has 1 amide bonds. The third-order valence-corrected chi connectivity index (χ3v) is 3.88. The van der Waals surface area contributed by atoms with E-state index in [4.69, 9.17) is 0 Å². The summed E-state index contributed by atoms with van der Waals surface area (Å²) in [5, 5.41) is 3.04. The highest BCUT2D eigenvalue weighted by atomic mass is 16.1. The second-order valence-electron chi connectivity index (χ2n) is 5.90. The van der Waals surface area contributed by atoms with Crippen LogP contribution in [0.3, 0.4) is 0 Å². The van der Waals surface area contributed by atoms with Gasteiger partial charge in [0.1, 0.15) is 0 Å². The Morgan fingerprint density at radius 3 is 2.58 bits per heavy atom. The summed E-state index contributed by atoms with van der Waals surface area (Å²) in [5.41, 5.74) is 2.03. The van der Waals surface area contributed by atoms with Crippen molar-refractivity contribution in [2.24, 2.45) is 5.92 Å². The van der Waals surface area contributed by atoms with Gasteiger partial charge < -0.3 is 10.2 Å². The second kappa shape index (κ2) is 6.20. The number of benzene rings is 1. The molecule has 1 saturated heterocycles. The zero-order valence-electron chi connectivity index (χ0n) is 12.1. The largest absolute Gasteiger partial charge is 0.352 e. The van der Waals surface area contributed by atoms with Gasteiger partial charge in [-0.25, -0.2) is 0 Å². The van der Waals surface area contributed by atoms with Gasteiger partial charge in [0, 0.05) is 18.7 Å². The van der Waals surface area contributed by atoms with Crippen LogP contribution >= 0.6 is 0 Å². The minimum atomic E-state index is 0.0462. The lowest BCUT2D eigenvalue weighted by molar-refractivity contribution is 0.0947. The molecule has 3 heteroatoms. The first-order valence-electron chi connectivity index (χ1n) is 7.13. The van der Waals surface area contributed by atoms with Crippen LogP contribution in [0.15, 0.2) is 24.3 Å². The lowest BCUT2D eigenvalue weighted by Gasteiger charge is -2.12. The number of hydrogen-bond acceptors (Lipinski definition) is 2. The van der Waals surface area contributed by atoms with Crippen LogP contribution in [0.1, 0.15) is 42.1 Å². The Morgan fingerprint density at radius 2 is 2.05 bits per heavy atom. The molecule has 1 aliphatic heterocycles. The van der Waals surface area contributed by atoms with Crippen molar-refractivity contribution in [2.75, 3.05) is 26.7 Å². The predicted molar refractivity (Wildman–Crippen MR) is 78.5 cm³/mol. The molecule has 0 radical (unpaired) electrons. The smallest absolute Gasteiger partial charge is 0.251 e. The van der Waals surface area contributed by atoms with E-state index in [0.29, 0.717) is 11.8 Å². The van der Waals surface area contributed by atoms with Gasteiger partial charge >= 0.3 is 0 Å². The average molecular weight is 260 g/mol. The SMILES string of the molecule is CC(C)c1ccc(C(=O)NCC2CCN(C)C2)cc1. The molecule has 104 valence electrons. The highest BCUT2D eigenvalue weighted by Crippen LogP contribution is 2.15. The summed E-state index contributed by atoms with van der Waals surface area (Å²) >= 11 is 0. The maximum atomic E-state index is 12.0. The summed E-state index contributed by atoms with van der Waals surface area (Å²) in [6.07, 6.45) is 1.18. The molecule has 1 aromatic rings. The van der Waals surface area contributed by atoms with Crippen molar-refractivity contribution in [3.8, 4) is 0 Å². The molecular formula is C16H24N2O. The van der Waals surface area contributed by atoms with Crippen LogP contribution in [0.2, 0.25) is 0 Å². The van der Waals surface area contributed by atoms with Crippen LogP contribution in [-0.4, -0.2) is 37.5 Å². The lowest BCUT2D eigenvalue weighted by Crippen LogP contribution is -2.30. The van der Waals surface area contributed by atoms with Crippen LogP contribution < -0.4 is 5.32 Å². The quantitative estimate of drug-likeness (QED) is 0.902. The average Bonchev–Trinajstić information content (AvgIpc) is 2.82. The summed E-state index contributed by atoms with van der Waals surface area (Å²) in [7, 11) is 2.13. The van der Waals surface area contributed by atoms with E-state index in [2.05, 4.69) is 31.1 Å². The summed E-state index contributed by atoms with van der Waals surface area (Å²) in [6.45, 7) is 7.34. The zero-order chi connectivity index (χ0) is 13.8. The van der Waals surface area contributed by atoms with Crippen molar-refractivity contribution in [2.45, 2.75) is 26.2 Å². The first kappa shape index (κ1) is 14.1. The van der Waals surface area contributed by atoms with E-state index in [9.17, 15) is 4.79 Å². The first-order valence-corrected chi connectivity index (χ1v) is 7.13. The molecule has 0 bridgehead atoms. The second-order valence-corrected chi connectivity index (χ2v) is 5.90. The number of nitrogens with one attached hydrogen (secondary N) is 1. The van der Waals surface area contributed by atoms with Crippen LogP contribution in [0.25, 0.3) is 0 Å². The Bertz CT molecular complexity index is 425. The Kier molecular flexibility index (Phi) is 4.59. The number of likely N-dealkylation sites (tertiary alicyclic amines) is 1. The molecular weight excluding hydrogens is 236 g/mol. The molecule has 1 unspecified atom stereocenters. The van der Waals surface area contributed by atoms with E-state index in [1.54, 1.807) is 0 Å². The van der Waals surface area contributed by atoms with Gasteiger partial charge in [-0.3, -0.25) is 4.79 Å². The maximum absolute atomic E-state index is 12.0. The van der Waals surface area contributed by atoms with E-state index in [1.165, 1.54) is 12.0 Å². The van der Waals surface area contributed by atoms with E-state index in [0.717, 1.165) is 25.2 Å². The van der Waals surface area contributed by atoms with Gasteiger partial charge in [0.05, 0.1) is 0 Å². The van der Waals surface area contributed by atoms with Gasteiger partial charge in [-0.1, -0.05) is 26.0 Å². The Balaban J connectivity index is 1.85. The third kappa shape index (κ3) is 3.80. The van der Waals surface area contributed by atoms with Gasteiger partial charge in [0.2, 0.25) is 0 Å². The number of hydrogen-bond donors (Lipinski definition) is 1. The normalized spacial score (nSPS) is 19.9. The topological polar surface area (TPSA) is 32.3 Å². The third-order valence-electron chi connectivity index (χ3n) is 3.88. The number of amides is 1. The van der Waals surface area contributed by atoms with Crippen LogP contribution in [0.4, 0.5) is 0 Å². The van der Waals surface area contributed by atoms with Crippen molar-refractivity contribution in [1.29, 1.82) is 0 Å². The Morgan fingerprint density at radius 1 is 1.37 bits per heavy atom. The Hall–Kier alpha value is -1.35. The van der Waals surface area contributed by atoms with Crippen LogP contribution in [0.5, 0.6) is 0 Å². The van der Waals surface area contributed by atoms with E-state index in [1.807, 2.05) is 24.3 Å². The molecule has 0 aliphatic carbocycles. The number of carbonyl (C=O) groups excluding carboxylic acids is 1. The molecule has 2 rings (SSSR count). The molecule has 19 heavy (non-hydrogen) atoms. The monoisotopic (exact) mass is 260 g/mol. The van der Waals surface area contributed by atoms with Gasteiger partial charge in [0.15, 0.2) is 0 Å². The van der Waals surface area contributed by atoms with Crippen molar-refractivity contribution >= 4 is 5.91 Å². The van der Waals surface area contributed by atoms with Crippen molar-refractivity contribution in [3.05, 3.63) is 35.4 Å². The van der Waals surface area contributed by atoms with Crippen LogP contribution in [-0.2, 0) is 0 Å². The van der Waals surface area contributed by atoms with Gasteiger partial charge in [-0.2, -0.15) is 0 Å².